The Morgan fingerprint density at radius 2 is 2.23 bits per heavy atom. The van der Waals surface area contributed by atoms with Gasteiger partial charge in [-0.15, -0.1) is 0 Å². The summed E-state index contributed by atoms with van der Waals surface area (Å²) in [6.45, 7) is 3.86. The van der Waals surface area contributed by atoms with Crippen molar-refractivity contribution >= 4 is 11.9 Å². The fourth-order valence-electron chi connectivity index (χ4n) is 2.47. The predicted octanol–water partition coefficient (Wildman–Crippen LogP) is 1.65. The van der Waals surface area contributed by atoms with Crippen LogP contribution in [0.1, 0.15) is 25.8 Å². The Bertz CT molecular complexity index is 637. The molecule has 1 aromatic carbocycles. The van der Waals surface area contributed by atoms with Crippen LogP contribution in [0.4, 0.5) is 0 Å². The van der Waals surface area contributed by atoms with Crippen molar-refractivity contribution in [2.24, 2.45) is 5.41 Å². The number of ether oxygens (including phenoxy) is 1. The molecule has 116 valence electrons. The Morgan fingerprint density at radius 1 is 1.50 bits per heavy atom. The van der Waals surface area contributed by atoms with Crippen molar-refractivity contribution in [3.8, 4) is 11.8 Å². The van der Waals surface area contributed by atoms with Gasteiger partial charge in [0.05, 0.1) is 17.0 Å². The molecule has 2 atom stereocenters. The molecule has 0 aromatic heterocycles. The van der Waals surface area contributed by atoms with Gasteiger partial charge >= 0.3 is 5.97 Å². The van der Waals surface area contributed by atoms with E-state index in [0.29, 0.717) is 24.3 Å². The van der Waals surface area contributed by atoms with Crippen LogP contribution in [-0.4, -0.2) is 41.1 Å². The number of carbonyl (C=O) groups is 2. The first-order valence-electron chi connectivity index (χ1n) is 7.05. The number of likely N-dealkylation sites (tertiary alicyclic amines) is 1. The number of hydrogen-bond donors (Lipinski definition) is 1. The lowest BCUT2D eigenvalue weighted by Crippen LogP contribution is -2.41. The summed E-state index contributed by atoms with van der Waals surface area (Å²) in [6, 6.07) is 8.58. The largest absolute Gasteiger partial charge is 0.481 e. The highest BCUT2D eigenvalue weighted by Gasteiger charge is 2.43. The van der Waals surface area contributed by atoms with Gasteiger partial charge in [-0.1, -0.05) is 6.07 Å². The smallest absolute Gasteiger partial charge is 0.311 e. The van der Waals surface area contributed by atoms with E-state index in [-0.39, 0.29) is 12.5 Å². The van der Waals surface area contributed by atoms with Gasteiger partial charge in [-0.3, -0.25) is 9.59 Å². The van der Waals surface area contributed by atoms with E-state index in [9.17, 15) is 14.7 Å². The van der Waals surface area contributed by atoms with E-state index in [1.165, 1.54) is 4.90 Å². The number of rotatable bonds is 4. The molecule has 0 spiro atoms. The Labute approximate surface area is 128 Å². The molecule has 1 aromatic rings. The fourth-order valence-corrected chi connectivity index (χ4v) is 2.47. The van der Waals surface area contributed by atoms with Crippen molar-refractivity contribution in [2.75, 3.05) is 13.1 Å². The Kier molecular flexibility index (Phi) is 4.36. The molecule has 0 bridgehead atoms. The number of amides is 1. The SMILES string of the molecule is C[C@@H](Oc1cccc(C#N)c1)C(=O)N1CC[C@@](C)(C(=O)O)C1. The molecule has 1 N–H and O–H groups in total. The van der Waals surface area contributed by atoms with Gasteiger partial charge < -0.3 is 14.7 Å². The summed E-state index contributed by atoms with van der Waals surface area (Å²) in [6.07, 6.45) is -0.296. The molecule has 6 nitrogen and oxygen atoms in total. The Hall–Kier alpha value is -2.55. The highest BCUT2D eigenvalue weighted by atomic mass is 16.5. The van der Waals surface area contributed by atoms with Gasteiger partial charge in [0.1, 0.15) is 5.75 Å². The number of carboxylic acids is 1. The maximum atomic E-state index is 12.4. The minimum absolute atomic E-state index is 0.188. The van der Waals surface area contributed by atoms with Crippen molar-refractivity contribution in [3.63, 3.8) is 0 Å². The molecule has 1 amide bonds. The van der Waals surface area contributed by atoms with Crippen LogP contribution in [0.2, 0.25) is 0 Å². The number of carbonyl (C=O) groups excluding carboxylic acids is 1. The van der Waals surface area contributed by atoms with Crippen LogP contribution in [-0.2, 0) is 9.59 Å². The van der Waals surface area contributed by atoms with Crippen molar-refractivity contribution in [2.45, 2.75) is 26.4 Å². The van der Waals surface area contributed by atoms with Gasteiger partial charge in [-0.05, 0) is 38.5 Å². The summed E-state index contributed by atoms with van der Waals surface area (Å²) in [4.78, 5) is 25.1. The van der Waals surface area contributed by atoms with Crippen molar-refractivity contribution < 1.29 is 19.4 Å². The molecule has 1 saturated heterocycles. The first kappa shape index (κ1) is 15.8. The highest BCUT2D eigenvalue weighted by Crippen LogP contribution is 2.30. The van der Waals surface area contributed by atoms with Crippen LogP contribution in [0.25, 0.3) is 0 Å². The lowest BCUT2D eigenvalue weighted by molar-refractivity contribution is -0.147. The van der Waals surface area contributed by atoms with Crippen LogP contribution in [0.15, 0.2) is 24.3 Å². The van der Waals surface area contributed by atoms with Gasteiger partial charge in [-0.2, -0.15) is 5.26 Å². The van der Waals surface area contributed by atoms with E-state index in [2.05, 4.69) is 0 Å². The molecule has 22 heavy (non-hydrogen) atoms. The van der Waals surface area contributed by atoms with Gasteiger partial charge in [0.25, 0.3) is 5.91 Å². The van der Waals surface area contributed by atoms with Gasteiger partial charge in [0.15, 0.2) is 6.10 Å². The Balaban J connectivity index is 2.01. The lowest BCUT2D eigenvalue weighted by atomic mass is 9.90. The number of hydrogen-bond acceptors (Lipinski definition) is 4. The van der Waals surface area contributed by atoms with Crippen molar-refractivity contribution in [1.29, 1.82) is 5.26 Å². The Morgan fingerprint density at radius 3 is 2.82 bits per heavy atom. The van der Waals surface area contributed by atoms with Crippen LogP contribution >= 0.6 is 0 Å². The minimum Gasteiger partial charge on any atom is -0.481 e. The number of nitrogens with zero attached hydrogens (tertiary/aromatic N) is 2. The third-order valence-corrected chi connectivity index (χ3v) is 3.93. The van der Waals surface area contributed by atoms with E-state index < -0.39 is 17.5 Å². The van der Waals surface area contributed by atoms with Crippen LogP contribution in [0.3, 0.4) is 0 Å². The van der Waals surface area contributed by atoms with E-state index in [1.807, 2.05) is 6.07 Å². The zero-order valence-electron chi connectivity index (χ0n) is 12.6. The molecule has 1 fully saturated rings. The second kappa shape index (κ2) is 6.06. The molecule has 0 radical (unpaired) electrons. The molecule has 1 heterocycles. The van der Waals surface area contributed by atoms with Gasteiger partial charge in [0.2, 0.25) is 0 Å². The number of carboxylic acid groups (broad SMARTS) is 1. The summed E-state index contributed by atoms with van der Waals surface area (Å²) in [5.41, 5.74) is -0.437. The average Bonchev–Trinajstić information content (AvgIpc) is 2.90. The summed E-state index contributed by atoms with van der Waals surface area (Å²) in [5, 5.41) is 18.1. The standard InChI is InChI=1S/C16H18N2O4/c1-11(22-13-5-3-4-12(8-13)9-17)14(19)18-7-6-16(2,10-18)15(20)21/h3-5,8,11H,6-7,10H2,1-2H3,(H,20,21)/t11-,16-/m1/s1. The molecule has 0 aliphatic carbocycles. The zero-order chi connectivity index (χ0) is 16.3. The summed E-state index contributed by atoms with van der Waals surface area (Å²) in [5.74, 6) is -0.689. The minimum atomic E-state index is -0.893. The van der Waals surface area contributed by atoms with Crippen molar-refractivity contribution in [1.82, 2.24) is 4.90 Å². The van der Waals surface area contributed by atoms with Gasteiger partial charge in [-0.25, -0.2) is 0 Å². The second-order valence-electron chi connectivity index (χ2n) is 5.78. The average molecular weight is 302 g/mol. The van der Waals surface area contributed by atoms with E-state index in [4.69, 9.17) is 10.00 Å². The van der Waals surface area contributed by atoms with E-state index in [1.54, 1.807) is 38.1 Å². The summed E-state index contributed by atoms with van der Waals surface area (Å²) in [7, 11) is 0. The van der Waals surface area contributed by atoms with Crippen LogP contribution < -0.4 is 4.74 Å². The molecule has 0 saturated carbocycles. The molecule has 6 heteroatoms. The van der Waals surface area contributed by atoms with E-state index in [0.717, 1.165) is 0 Å². The van der Waals surface area contributed by atoms with Crippen LogP contribution in [0, 0.1) is 16.7 Å². The number of nitriles is 1. The first-order chi connectivity index (χ1) is 10.4. The monoisotopic (exact) mass is 302 g/mol. The number of benzene rings is 1. The maximum Gasteiger partial charge on any atom is 0.311 e. The maximum absolute atomic E-state index is 12.4. The lowest BCUT2D eigenvalue weighted by Gasteiger charge is -2.23. The second-order valence-corrected chi connectivity index (χ2v) is 5.78. The normalized spacial score (nSPS) is 22.0. The zero-order valence-corrected chi connectivity index (χ0v) is 12.6. The predicted molar refractivity (Wildman–Crippen MR) is 78.2 cm³/mol. The summed E-state index contributed by atoms with van der Waals surface area (Å²) >= 11 is 0. The molecule has 1 aliphatic heterocycles. The third-order valence-electron chi connectivity index (χ3n) is 3.93. The highest BCUT2D eigenvalue weighted by molar-refractivity contribution is 5.83. The fraction of sp³-hybridized carbons (Fsp3) is 0.438. The quantitative estimate of drug-likeness (QED) is 0.913. The van der Waals surface area contributed by atoms with Crippen LogP contribution in [0.5, 0.6) is 5.75 Å². The number of aliphatic carboxylic acids is 1. The third kappa shape index (κ3) is 3.19. The first-order valence-corrected chi connectivity index (χ1v) is 7.05. The van der Waals surface area contributed by atoms with Crippen molar-refractivity contribution in [3.05, 3.63) is 29.8 Å². The molecule has 1 aliphatic rings. The van der Waals surface area contributed by atoms with E-state index >= 15 is 0 Å². The topological polar surface area (TPSA) is 90.6 Å². The van der Waals surface area contributed by atoms with Gasteiger partial charge in [0, 0.05) is 13.1 Å². The molecule has 2 rings (SSSR count). The summed E-state index contributed by atoms with van der Waals surface area (Å²) < 4.78 is 5.57. The molecule has 0 unspecified atom stereocenters. The molecular formula is C16H18N2O4. The molecular weight excluding hydrogens is 284 g/mol.